The molecule has 0 atom stereocenters. The molecule has 0 aromatic rings. The van der Waals surface area contributed by atoms with Gasteiger partial charge in [0.25, 0.3) is 0 Å². The van der Waals surface area contributed by atoms with Gasteiger partial charge in [0.15, 0.2) is 0 Å². The average molecular weight is 184 g/mol. The summed E-state index contributed by atoms with van der Waals surface area (Å²) in [4.78, 5) is 0. The van der Waals surface area contributed by atoms with Crippen LogP contribution in [-0.4, -0.2) is 34.0 Å². The maximum absolute atomic E-state index is 9.70. The summed E-state index contributed by atoms with van der Waals surface area (Å²) < 4.78 is 0. The van der Waals surface area contributed by atoms with Crippen LogP contribution in [-0.2, 0) is 0 Å². The van der Waals surface area contributed by atoms with E-state index < -0.39 is 0 Å². The van der Waals surface area contributed by atoms with E-state index in [9.17, 15) is 5.11 Å². The summed E-state index contributed by atoms with van der Waals surface area (Å²) in [5.74, 6) is 0. The molecule has 76 valence electrons. The van der Waals surface area contributed by atoms with E-state index >= 15 is 0 Å². The van der Waals surface area contributed by atoms with Crippen molar-refractivity contribution in [2.24, 2.45) is 5.10 Å². The van der Waals surface area contributed by atoms with Crippen LogP contribution in [0.1, 0.15) is 40.5 Å². The molecule has 1 aliphatic heterocycles. The van der Waals surface area contributed by atoms with Crippen LogP contribution in [0, 0.1) is 0 Å². The molecule has 1 saturated heterocycles. The molecule has 0 spiro atoms. The first kappa shape index (κ1) is 10.5. The molecule has 1 aliphatic rings. The van der Waals surface area contributed by atoms with Gasteiger partial charge in [0, 0.05) is 6.72 Å². The minimum absolute atomic E-state index is 0.0943. The lowest BCUT2D eigenvalue weighted by atomic mass is 9.80. The van der Waals surface area contributed by atoms with Crippen molar-refractivity contribution < 1.29 is 5.11 Å². The molecule has 1 fully saturated rings. The third-order valence-electron chi connectivity index (χ3n) is 2.76. The van der Waals surface area contributed by atoms with Crippen molar-refractivity contribution >= 4 is 6.72 Å². The smallest absolute Gasteiger partial charge is 0.0585 e. The van der Waals surface area contributed by atoms with E-state index in [0.717, 1.165) is 12.8 Å². The molecule has 0 unspecified atom stereocenters. The molecular formula is C10H20N2O. The fourth-order valence-corrected chi connectivity index (χ4v) is 2.60. The summed E-state index contributed by atoms with van der Waals surface area (Å²) in [6.07, 6.45) is 1.30. The van der Waals surface area contributed by atoms with Gasteiger partial charge in [-0.15, -0.1) is 0 Å². The maximum atomic E-state index is 9.70. The summed E-state index contributed by atoms with van der Waals surface area (Å²) in [5.41, 5.74) is -0.189. The molecule has 0 aromatic carbocycles. The Morgan fingerprint density at radius 3 is 1.92 bits per heavy atom. The largest absolute Gasteiger partial charge is 0.393 e. The first-order valence-electron chi connectivity index (χ1n) is 4.75. The number of rotatable bonds is 1. The molecule has 0 aliphatic carbocycles. The van der Waals surface area contributed by atoms with Crippen molar-refractivity contribution in [2.45, 2.75) is 57.7 Å². The Morgan fingerprint density at radius 1 is 1.23 bits per heavy atom. The quantitative estimate of drug-likeness (QED) is 0.628. The highest BCUT2D eigenvalue weighted by Crippen LogP contribution is 2.38. The monoisotopic (exact) mass is 184 g/mol. The number of hydrogen-bond acceptors (Lipinski definition) is 3. The van der Waals surface area contributed by atoms with Crippen molar-refractivity contribution in [2.75, 3.05) is 0 Å². The molecule has 3 heteroatoms. The van der Waals surface area contributed by atoms with Crippen molar-refractivity contribution in [3.05, 3.63) is 0 Å². The van der Waals surface area contributed by atoms with Gasteiger partial charge < -0.3 is 5.11 Å². The van der Waals surface area contributed by atoms with Gasteiger partial charge in [0.2, 0.25) is 0 Å². The molecule has 0 bridgehead atoms. The first-order valence-corrected chi connectivity index (χ1v) is 4.75. The molecule has 1 N–H and O–H groups in total. The Balaban J connectivity index is 2.94. The minimum atomic E-state index is -0.219. The van der Waals surface area contributed by atoms with E-state index in [2.05, 4.69) is 39.5 Å². The highest BCUT2D eigenvalue weighted by atomic mass is 16.3. The predicted octanol–water partition coefficient (Wildman–Crippen LogP) is 1.62. The predicted molar refractivity (Wildman–Crippen MR) is 54.8 cm³/mol. The summed E-state index contributed by atoms with van der Waals surface area (Å²) >= 11 is 0. The van der Waals surface area contributed by atoms with E-state index in [-0.39, 0.29) is 17.2 Å². The zero-order valence-electron chi connectivity index (χ0n) is 9.04. The van der Waals surface area contributed by atoms with Crippen LogP contribution in [0.5, 0.6) is 0 Å². The maximum Gasteiger partial charge on any atom is 0.0585 e. The highest BCUT2D eigenvalue weighted by Gasteiger charge is 2.44. The molecule has 0 saturated carbocycles. The lowest BCUT2D eigenvalue weighted by Gasteiger charge is -2.52. The Hall–Kier alpha value is -0.570. The van der Waals surface area contributed by atoms with Crippen LogP contribution < -0.4 is 0 Å². The lowest BCUT2D eigenvalue weighted by Crippen LogP contribution is -2.59. The number of hydrazone groups is 1. The number of aliphatic hydroxyl groups excluding tert-OH is 1. The van der Waals surface area contributed by atoms with Crippen LogP contribution in [0.4, 0.5) is 0 Å². The molecule has 0 amide bonds. The number of nitrogens with zero attached hydrogens (tertiary/aromatic N) is 2. The Kier molecular flexibility index (Phi) is 2.41. The van der Waals surface area contributed by atoms with Crippen LogP contribution in [0.25, 0.3) is 0 Å². The average Bonchev–Trinajstić information content (AvgIpc) is 1.79. The third-order valence-corrected chi connectivity index (χ3v) is 2.76. The van der Waals surface area contributed by atoms with Crippen LogP contribution >= 0.6 is 0 Å². The minimum Gasteiger partial charge on any atom is -0.393 e. The Labute approximate surface area is 80.4 Å². The van der Waals surface area contributed by atoms with Crippen LogP contribution in [0.2, 0.25) is 0 Å². The molecule has 3 nitrogen and oxygen atoms in total. The van der Waals surface area contributed by atoms with Crippen molar-refractivity contribution in [3.8, 4) is 0 Å². The number of hydrogen-bond donors (Lipinski definition) is 1. The van der Waals surface area contributed by atoms with E-state index in [1.165, 1.54) is 0 Å². The second kappa shape index (κ2) is 2.98. The van der Waals surface area contributed by atoms with Crippen molar-refractivity contribution in [1.82, 2.24) is 5.01 Å². The first-order chi connectivity index (χ1) is 5.79. The Bertz CT molecular complexity index is 193. The molecule has 13 heavy (non-hydrogen) atoms. The molecule has 0 aromatic heterocycles. The van der Waals surface area contributed by atoms with Crippen LogP contribution in [0.15, 0.2) is 5.10 Å². The van der Waals surface area contributed by atoms with Gasteiger partial charge in [0.1, 0.15) is 0 Å². The van der Waals surface area contributed by atoms with Gasteiger partial charge >= 0.3 is 0 Å². The fraction of sp³-hybridized carbons (Fsp3) is 0.900. The van der Waals surface area contributed by atoms with Gasteiger partial charge in [-0.1, -0.05) is 0 Å². The topological polar surface area (TPSA) is 35.8 Å². The fourth-order valence-electron chi connectivity index (χ4n) is 2.60. The summed E-state index contributed by atoms with van der Waals surface area (Å²) in [6, 6.07) is 0. The van der Waals surface area contributed by atoms with E-state index in [4.69, 9.17) is 0 Å². The lowest BCUT2D eigenvalue weighted by molar-refractivity contribution is -0.0789. The number of piperidine rings is 1. The molecule has 1 heterocycles. The van der Waals surface area contributed by atoms with Gasteiger partial charge in [-0.2, -0.15) is 5.10 Å². The van der Waals surface area contributed by atoms with E-state index in [1.807, 2.05) is 5.01 Å². The van der Waals surface area contributed by atoms with Crippen molar-refractivity contribution in [1.29, 1.82) is 0 Å². The molecular weight excluding hydrogens is 164 g/mol. The SMILES string of the molecule is C=NN1C(C)(C)CC(O)CC1(C)C. The summed E-state index contributed by atoms with van der Waals surface area (Å²) in [6.45, 7) is 12.0. The second-order valence-electron chi connectivity index (χ2n) is 5.14. The zero-order valence-corrected chi connectivity index (χ0v) is 9.04. The van der Waals surface area contributed by atoms with Gasteiger partial charge in [0.05, 0.1) is 17.2 Å². The zero-order chi connectivity index (χ0) is 10.3. The van der Waals surface area contributed by atoms with Crippen molar-refractivity contribution in [3.63, 3.8) is 0 Å². The normalized spacial score (nSPS) is 27.3. The van der Waals surface area contributed by atoms with Crippen LogP contribution in [0.3, 0.4) is 0 Å². The van der Waals surface area contributed by atoms with Gasteiger partial charge in [-0.3, -0.25) is 5.01 Å². The highest BCUT2D eigenvalue weighted by molar-refractivity contribution is 5.23. The summed E-state index contributed by atoms with van der Waals surface area (Å²) in [5, 5.41) is 15.8. The summed E-state index contributed by atoms with van der Waals surface area (Å²) in [7, 11) is 0. The van der Waals surface area contributed by atoms with Gasteiger partial charge in [-0.05, 0) is 40.5 Å². The third kappa shape index (κ3) is 1.85. The van der Waals surface area contributed by atoms with E-state index in [0.29, 0.717) is 0 Å². The Morgan fingerprint density at radius 2 is 1.62 bits per heavy atom. The van der Waals surface area contributed by atoms with Gasteiger partial charge in [-0.25, -0.2) is 0 Å². The number of aliphatic hydroxyl groups is 1. The standard InChI is InChI=1S/C10H20N2O/c1-9(2)6-8(13)7-10(3,4)12(9)11-5/h8,13H,5-7H2,1-4H3. The van der Waals surface area contributed by atoms with E-state index in [1.54, 1.807) is 0 Å². The second-order valence-corrected chi connectivity index (χ2v) is 5.14. The molecule has 1 rings (SSSR count). The molecule has 0 radical (unpaired) electrons.